The van der Waals surface area contributed by atoms with Crippen molar-refractivity contribution in [3.05, 3.63) is 29.4 Å². The number of aromatic nitrogens is 2. The zero-order valence-electron chi connectivity index (χ0n) is 9.30. The monoisotopic (exact) mass is 266 g/mol. The normalized spacial score (nSPS) is 14.9. The smallest absolute Gasteiger partial charge is 0.187 e. The number of fused-ring (bicyclic) bond motifs is 1. The second-order valence-electron chi connectivity index (χ2n) is 3.94. The molecule has 0 amide bonds. The zero-order chi connectivity index (χ0) is 11.8. The van der Waals surface area contributed by atoms with Gasteiger partial charge in [0.2, 0.25) is 0 Å². The number of para-hydroxylation sites is 2. The van der Waals surface area contributed by atoms with Crippen LogP contribution < -0.4 is 9.80 Å². The summed E-state index contributed by atoms with van der Waals surface area (Å²) in [6.07, 6.45) is 0. The highest BCUT2D eigenvalue weighted by atomic mass is 35.5. The number of likely N-dealkylation sites (N-methyl/N-ethyl adjacent to an activating group) is 1. The van der Waals surface area contributed by atoms with Crippen LogP contribution in [-0.4, -0.2) is 28.9 Å². The van der Waals surface area contributed by atoms with Gasteiger partial charge < -0.3 is 9.80 Å². The summed E-state index contributed by atoms with van der Waals surface area (Å²) in [5.41, 5.74) is 2.33. The Hall–Kier alpha value is -1.33. The molecular weight excluding hydrogens is 256 g/mol. The maximum Gasteiger partial charge on any atom is 0.187 e. The summed E-state index contributed by atoms with van der Waals surface area (Å²) in [5.74, 6) is 0.761. The number of hydrogen-bond acceptors (Lipinski definition) is 5. The van der Waals surface area contributed by atoms with E-state index in [2.05, 4.69) is 37.7 Å². The molecular formula is C11H11ClN4S. The molecule has 0 saturated carbocycles. The topological polar surface area (TPSA) is 32.3 Å². The third kappa shape index (κ3) is 1.75. The van der Waals surface area contributed by atoms with Crippen molar-refractivity contribution < 1.29 is 0 Å². The molecule has 1 aliphatic rings. The van der Waals surface area contributed by atoms with E-state index in [1.807, 2.05) is 12.1 Å². The number of nitrogens with zero attached hydrogens (tertiary/aromatic N) is 4. The lowest BCUT2D eigenvalue weighted by atomic mass is 10.2. The van der Waals surface area contributed by atoms with Crippen LogP contribution in [-0.2, 0) is 0 Å². The molecule has 2 aromatic rings. The minimum atomic E-state index is 0.481. The highest BCUT2D eigenvalue weighted by molar-refractivity contribution is 6.99. The van der Waals surface area contributed by atoms with Crippen LogP contribution in [0, 0.1) is 0 Å². The lowest BCUT2D eigenvalue weighted by Crippen LogP contribution is -2.36. The fraction of sp³-hybridized carbons (Fsp3) is 0.273. The highest BCUT2D eigenvalue weighted by Gasteiger charge is 2.24. The van der Waals surface area contributed by atoms with Gasteiger partial charge in [-0.3, -0.25) is 0 Å². The third-order valence-electron chi connectivity index (χ3n) is 2.93. The lowest BCUT2D eigenvalue weighted by Gasteiger charge is -2.35. The number of benzene rings is 1. The van der Waals surface area contributed by atoms with Crippen LogP contribution in [0.2, 0.25) is 5.15 Å². The molecule has 0 radical (unpaired) electrons. The minimum Gasteiger partial charge on any atom is -0.371 e. The average Bonchev–Trinajstić information content (AvgIpc) is 2.77. The predicted octanol–water partition coefficient (Wildman–Crippen LogP) is 2.78. The number of rotatable bonds is 1. The molecule has 0 saturated heterocycles. The summed E-state index contributed by atoms with van der Waals surface area (Å²) in [6, 6.07) is 8.26. The van der Waals surface area contributed by atoms with Crippen LogP contribution in [0.5, 0.6) is 0 Å². The van der Waals surface area contributed by atoms with Crippen LogP contribution >= 0.6 is 23.3 Å². The molecule has 0 N–H and O–H groups in total. The molecule has 1 aliphatic heterocycles. The molecule has 1 aromatic carbocycles. The SMILES string of the molecule is CN1CCN(c2nsnc2Cl)c2ccccc21. The predicted molar refractivity (Wildman–Crippen MR) is 71.6 cm³/mol. The van der Waals surface area contributed by atoms with Crippen molar-refractivity contribution in [3.8, 4) is 0 Å². The number of halogens is 1. The van der Waals surface area contributed by atoms with Crippen molar-refractivity contribution in [2.75, 3.05) is 29.9 Å². The molecule has 17 heavy (non-hydrogen) atoms. The fourth-order valence-corrected chi connectivity index (χ4v) is 2.80. The maximum atomic E-state index is 6.06. The molecule has 2 heterocycles. The fourth-order valence-electron chi connectivity index (χ4n) is 2.06. The Bertz CT molecular complexity index is 542. The van der Waals surface area contributed by atoms with Gasteiger partial charge in [0.15, 0.2) is 11.0 Å². The van der Waals surface area contributed by atoms with E-state index in [-0.39, 0.29) is 0 Å². The Morgan fingerprint density at radius 2 is 1.94 bits per heavy atom. The van der Waals surface area contributed by atoms with E-state index in [1.54, 1.807) is 0 Å². The molecule has 4 nitrogen and oxygen atoms in total. The van der Waals surface area contributed by atoms with Crippen molar-refractivity contribution in [2.24, 2.45) is 0 Å². The number of hydrogen-bond donors (Lipinski definition) is 0. The molecule has 0 aliphatic carbocycles. The van der Waals surface area contributed by atoms with E-state index in [1.165, 1.54) is 5.69 Å². The molecule has 1 aromatic heterocycles. The molecule has 0 unspecified atom stereocenters. The van der Waals surface area contributed by atoms with Gasteiger partial charge in [-0.2, -0.15) is 8.75 Å². The van der Waals surface area contributed by atoms with Crippen molar-refractivity contribution in [1.82, 2.24) is 8.75 Å². The Labute approximate surface area is 109 Å². The van der Waals surface area contributed by atoms with E-state index < -0.39 is 0 Å². The van der Waals surface area contributed by atoms with Crippen molar-refractivity contribution >= 4 is 40.5 Å². The Balaban J connectivity index is 2.10. The summed E-state index contributed by atoms with van der Waals surface area (Å²) >= 11 is 7.21. The van der Waals surface area contributed by atoms with Gasteiger partial charge in [0.05, 0.1) is 23.1 Å². The van der Waals surface area contributed by atoms with Gasteiger partial charge in [-0.05, 0) is 12.1 Å². The Morgan fingerprint density at radius 1 is 1.18 bits per heavy atom. The second-order valence-corrected chi connectivity index (χ2v) is 4.83. The van der Waals surface area contributed by atoms with Crippen LogP contribution in [0.3, 0.4) is 0 Å². The van der Waals surface area contributed by atoms with Crippen molar-refractivity contribution in [1.29, 1.82) is 0 Å². The van der Waals surface area contributed by atoms with Crippen LogP contribution in [0.15, 0.2) is 24.3 Å². The summed E-state index contributed by atoms with van der Waals surface area (Å²) < 4.78 is 8.29. The largest absolute Gasteiger partial charge is 0.371 e. The van der Waals surface area contributed by atoms with E-state index in [9.17, 15) is 0 Å². The van der Waals surface area contributed by atoms with Crippen molar-refractivity contribution in [2.45, 2.75) is 0 Å². The van der Waals surface area contributed by atoms with Gasteiger partial charge in [0.1, 0.15) is 0 Å². The molecule has 0 atom stereocenters. The van der Waals surface area contributed by atoms with Gasteiger partial charge in [-0.25, -0.2) is 0 Å². The summed E-state index contributed by atoms with van der Waals surface area (Å²) in [4.78, 5) is 4.36. The Morgan fingerprint density at radius 3 is 2.65 bits per heavy atom. The van der Waals surface area contributed by atoms with Gasteiger partial charge in [0, 0.05) is 20.1 Å². The van der Waals surface area contributed by atoms with Gasteiger partial charge in [-0.15, -0.1) is 0 Å². The minimum absolute atomic E-state index is 0.481. The third-order valence-corrected chi connectivity index (χ3v) is 3.80. The van der Waals surface area contributed by atoms with Gasteiger partial charge >= 0.3 is 0 Å². The summed E-state index contributed by atoms with van der Waals surface area (Å²) in [5, 5.41) is 0.481. The van der Waals surface area contributed by atoms with Crippen LogP contribution in [0.25, 0.3) is 0 Å². The molecule has 6 heteroatoms. The molecule has 0 fully saturated rings. The second kappa shape index (κ2) is 4.16. The molecule has 0 bridgehead atoms. The first-order chi connectivity index (χ1) is 8.27. The van der Waals surface area contributed by atoms with Gasteiger partial charge in [0.25, 0.3) is 0 Å². The van der Waals surface area contributed by atoms with Gasteiger partial charge in [-0.1, -0.05) is 23.7 Å². The average molecular weight is 267 g/mol. The van der Waals surface area contributed by atoms with E-state index in [0.717, 1.165) is 36.3 Å². The maximum absolute atomic E-state index is 6.06. The molecule has 88 valence electrons. The quantitative estimate of drug-likeness (QED) is 0.795. The number of anilines is 3. The summed E-state index contributed by atoms with van der Waals surface area (Å²) in [7, 11) is 2.09. The van der Waals surface area contributed by atoms with E-state index in [0.29, 0.717) is 5.15 Å². The lowest BCUT2D eigenvalue weighted by molar-refractivity contribution is 0.816. The zero-order valence-corrected chi connectivity index (χ0v) is 10.9. The first-order valence-electron chi connectivity index (χ1n) is 5.33. The Kier molecular flexibility index (Phi) is 2.64. The van der Waals surface area contributed by atoms with E-state index >= 15 is 0 Å². The molecule has 3 rings (SSSR count). The first kappa shape index (κ1) is 10.8. The van der Waals surface area contributed by atoms with Crippen LogP contribution in [0.4, 0.5) is 17.2 Å². The first-order valence-corrected chi connectivity index (χ1v) is 6.44. The van der Waals surface area contributed by atoms with Crippen molar-refractivity contribution in [3.63, 3.8) is 0 Å². The summed E-state index contributed by atoms with van der Waals surface area (Å²) in [6.45, 7) is 1.82. The highest BCUT2D eigenvalue weighted by Crippen LogP contribution is 2.38. The standard InChI is InChI=1S/C11H11ClN4S/c1-15-6-7-16(11-10(12)13-17-14-11)9-5-3-2-4-8(9)15/h2-5H,6-7H2,1H3. The van der Waals surface area contributed by atoms with Crippen LogP contribution in [0.1, 0.15) is 0 Å². The molecule has 0 spiro atoms. The van der Waals surface area contributed by atoms with E-state index in [4.69, 9.17) is 11.6 Å².